The van der Waals surface area contributed by atoms with Crippen LogP contribution in [0.5, 0.6) is 0 Å². The van der Waals surface area contributed by atoms with Gasteiger partial charge in [-0.3, -0.25) is 4.79 Å². The number of rotatable bonds is 2. The highest BCUT2D eigenvalue weighted by Gasteiger charge is 2.40. The Labute approximate surface area is 112 Å². The lowest BCUT2D eigenvalue weighted by Crippen LogP contribution is -2.39. The SMILES string of the molecule is CNC(=O)C1(C)CCN(c2ccc(N)cc2Cl)C1. The molecule has 1 atom stereocenters. The van der Waals surface area contributed by atoms with Gasteiger partial charge in [-0.15, -0.1) is 0 Å². The number of carbonyl (C=O) groups excluding carboxylic acids is 1. The number of nitrogens with two attached hydrogens (primary N) is 1. The number of anilines is 2. The first kappa shape index (κ1) is 13.0. The van der Waals surface area contributed by atoms with Crippen LogP contribution in [0.15, 0.2) is 18.2 Å². The van der Waals surface area contributed by atoms with E-state index < -0.39 is 0 Å². The molecule has 1 unspecified atom stereocenters. The zero-order valence-electron chi connectivity index (χ0n) is 10.7. The number of nitrogens with one attached hydrogen (secondary N) is 1. The van der Waals surface area contributed by atoms with Crippen molar-refractivity contribution in [3.63, 3.8) is 0 Å². The maximum absolute atomic E-state index is 11.9. The minimum absolute atomic E-state index is 0.0802. The smallest absolute Gasteiger partial charge is 0.227 e. The summed E-state index contributed by atoms with van der Waals surface area (Å²) in [6.07, 6.45) is 0.827. The van der Waals surface area contributed by atoms with E-state index in [4.69, 9.17) is 17.3 Å². The van der Waals surface area contributed by atoms with Gasteiger partial charge in [0, 0.05) is 25.8 Å². The molecular formula is C13H18ClN3O. The summed E-state index contributed by atoms with van der Waals surface area (Å²) in [6, 6.07) is 5.48. The third-order valence-electron chi connectivity index (χ3n) is 3.56. The lowest BCUT2D eigenvalue weighted by molar-refractivity contribution is -0.128. The molecule has 1 heterocycles. The highest BCUT2D eigenvalue weighted by Crippen LogP contribution is 2.37. The summed E-state index contributed by atoms with van der Waals surface area (Å²) in [6.45, 7) is 3.49. The molecule has 0 aromatic heterocycles. The van der Waals surface area contributed by atoms with Gasteiger partial charge in [0.15, 0.2) is 0 Å². The van der Waals surface area contributed by atoms with Crippen molar-refractivity contribution in [1.29, 1.82) is 0 Å². The van der Waals surface area contributed by atoms with E-state index in [1.807, 2.05) is 19.1 Å². The van der Waals surface area contributed by atoms with Gasteiger partial charge in [0.2, 0.25) is 5.91 Å². The van der Waals surface area contributed by atoms with Gasteiger partial charge in [-0.05, 0) is 31.5 Å². The number of halogens is 1. The molecule has 1 fully saturated rings. The Kier molecular flexibility index (Phi) is 3.39. The molecule has 0 radical (unpaired) electrons. The largest absolute Gasteiger partial charge is 0.399 e. The van der Waals surface area contributed by atoms with Crippen LogP contribution >= 0.6 is 11.6 Å². The Hall–Kier alpha value is -1.42. The van der Waals surface area contributed by atoms with E-state index in [0.29, 0.717) is 17.3 Å². The van der Waals surface area contributed by atoms with E-state index >= 15 is 0 Å². The van der Waals surface area contributed by atoms with Gasteiger partial charge in [0.05, 0.1) is 16.1 Å². The number of hydrogen-bond acceptors (Lipinski definition) is 3. The Balaban J connectivity index is 2.20. The summed E-state index contributed by atoms with van der Waals surface area (Å²) in [5, 5.41) is 3.36. The zero-order chi connectivity index (χ0) is 13.3. The Morgan fingerprint density at radius 1 is 1.56 bits per heavy atom. The molecule has 1 aliphatic rings. The number of hydrogen-bond donors (Lipinski definition) is 2. The molecule has 98 valence electrons. The van der Waals surface area contributed by atoms with Crippen LogP contribution < -0.4 is 16.0 Å². The fraction of sp³-hybridized carbons (Fsp3) is 0.462. The van der Waals surface area contributed by atoms with E-state index in [9.17, 15) is 4.79 Å². The summed E-state index contributed by atoms with van der Waals surface area (Å²) in [5.41, 5.74) is 6.93. The molecule has 0 aliphatic carbocycles. The van der Waals surface area contributed by atoms with Crippen LogP contribution in [0.3, 0.4) is 0 Å². The molecule has 3 N–H and O–H groups in total. The van der Waals surface area contributed by atoms with Gasteiger partial charge < -0.3 is 16.0 Å². The predicted molar refractivity (Wildman–Crippen MR) is 74.9 cm³/mol. The van der Waals surface area contributed by atoms with Crippen molar-refractivity contribution in [2.75, 3.05) is 30.8 Å². The molecule has 4 nitrogen and oxygen atoms in total. The van der Waals surface area contributed by atoms with Crippen molar-refractivity contribution in [3.8, 4) is 0 Å². The van der Waals surface area contributed by atoms with Gasteiger partial charge in [0.1, 0.15) is 0 Å². The molecule has 0 bridgehead atoms. The van der Waals surface area contributed by atoms with Crippen LogP contribution in [0.2, 0.25) is 5.02 Å². The van der Waals surface area contributed by atoms with Crippen LogP contribution in [-0.4, -0.2) is 26.0 Å². The topological polar surface area (TPSA) is 58.4 Å². The van der Waals surface area contributed by atoms with Gasteiger partial charge in [-0.1, -0.05) is 11.6 Å². The quantitative estimate of drug-likeness (QED) is 0.805. The van der Waals surface area contributed by atoms with Gasteiger partial charge >= 0.3 is 0 Å². The van der Waals surface area contributed by atoms with Crippen molar-refractivity contribution in [1.82, 2.24) is 5.32 Å². The van der Waals surface area contributed by atoms with E-state index in [2.05, 4.69) is 10.2 Å². The molecule has 1 amide bonds. The van der Waals surface area contributed by atoms with Crippen LogP contribution in [0.4, 0.5) is 11.4 Å². The summed E-state index contributed by atoms with van der Waals surface area (Å²) >= 11 is 6.19. The number of nitrogens with zero attached hydrogens (tertiary/aromatic N) is 1. The van der Waals surface area contributed by atoms with Gasteiger partial charge in [0.25, 0.3) is 0 Å². The van der Waals surface area contributed by atoms with E-state index in [1.165, 1.54) is 0 Å². The van der Waals surface area contributed by atoms with Crippen LogP contribution in [0.1, 0.15) is 13.3 Å². The molecule has 2 rings (SSSR count). The van der Waals surface area contributed by atoms with E-state index in [-0.39, 0.29) is 11.3 Å². The summed E-state index contributed by atoms with van der Waals surface area (Å²) in [4.78, 5) is 14.0. The number of nitrogen functional groups attached to an aromatic ring is 1. The molecule has 1 saturated heterocycles. The predicted octanol–water partition coefficient (Wildman–Crippen LogP) is 1.88. The van der Waals surface area contributed by atoms with Crippen LogP contribution in [0, 0.1) is 5.41 Å². The molecule has 18 heavy (non-hydrogen) atoms. The van der Waals surface area contributed by atoms with E-state index in [1.54, 1.807) is 13.1 Å². The molecule has 1 aromatic carbocycles. The van der Waals surface area contributed by atoms with Crippen LogP contribution in [0.25, 0.3) is 0 Å². The maximum Gasteiger partial charge on any atom is 0.227 e. The minimum Gasteiger partial charge on any atom is -0.399 e. The second kappa shape index (κ2) is 4.69. The first-order valence-electron chi connectivity index (χ1n) is 5.98. The maximum atomic E-state index is 11.9. The lowest BCUT2D eigenvalue weighted by atomic mass is 9.89. The highest BCUT2D eigenvalue weighted by atomic mass is 35.5. The monoisotopic (exact) mass is 267 g/mol. The van der Waals surface area contributed by atoms with Crippen molar-refractivity contribution in [3.05, 3.63) is 23.2 Å². The Morgan fingerprint density at radius 3 is 2.89 bits per heavy atom. The molecular weight excluding hydrogens is 250 g/mol. The molecule has 0 spiro atoms. The Bertz CT molecular complexity index is 477. The summed E-state index contributed by atoms with van der Waals surface area (Å²) in [5.74, 6) is 0.0802. The second-order valence-corrected chi connectivity index (χ2v) is 5.43. The third-order valence-corrected chi connectivity index (χ3v) is 3.86. The van der Waals surface area contributed by atoms with Crippen molar-refractivity contribution in [2.24, 2.45) is 5.41 Å². The van der Waals surface area contributed by atoms with Crippen molar-refractivity contribution < 1.29 is 4.79 Å². The number of carbonyl (C=O) groups is 1. The zero-order valence-corrected chi connectivity index (χ0v) is 11.4. The Morgan fingerprint density at radius 2 is 2.28 bits per heavy atom. The first-order chi connectivity index (χ1) is 8.46. The number of amides is 1. The third kappa shape index (κ3) is 2.25. The van der Waals surface area contributed by atoms with Crippen molar-refractivity contribution in [2.45, 2.75) is 13.3 Å². The fourth-order valence-electron chi connectivity index (χ4n) is 2.43. The molecule has 5 heteroatoms. The molecule has 1 aliphatic heterocycles. The first-order valence-corrected chi connectivity index (χ1v) is 6.36. The second-order valence-electron chi connectivity index (χ2n) is 5.02. The van der Waals surface area contributed by atoms with E-state index in [0.717, 1.165) is 18.7 Å². The van der Waals surface area contributed by atoms with Gasteiger partial charge in [-0.25, -0.2) is 0 Å². The minimum atomic E-state index is -0.348. The normalized spacial score (nSPS) is 23.2. The number of benzene rings is 1. The van der Waals surface area contributed by atoms with Crippen LogP contribution in [-0.2, 0) is 4.79 Å². The average molecular weight is 268 g/mol. The standard InChI is InChI=1S/C13H18ClN3O/c1-13(12(18)16-2)5-6-17(8-13)11-4-3-9(15)7-10(11)14/h3-4,7H,5-6,8,15H2,1-2H3,(H,16,18). The van der Waals surface area contributed by atoms with Crippen molar-refractivity contribution >= 4 is 28.9 Å². The lowest BCUT2D eigenvalue weighted by Gasteiger charge is -2.24. The highest BCUT2D eigenvalue weighted by molar-refractivity contribution is 6.33. The fourth-order valence-corrected chi connectivity index (χ4v) is 2.74. The average Bonchev–Trinajstić information content (AvgIpc) is 2.72. The molecule has 1 aromatic rings. The molecule has 0 saturated carbocycles. The van der Waals surface area contributed by atoms with Gasteiger partial charge in [-0.2, -0.15) is 0 Å². The summed E-state index contributed by atoms with van der Waals surface area (Å²) in [7, 11) is 1.67. The summed E-state index contributed by atoms with van der Waals surface area (Å²) < 4.78 is 0.